The molecule has 0 saturated heterocycles. The molecule has 1 atom stereocenters. The SMILES string of the molecule is O=S(=O)(Cl)CC1COc2ccc(F)cc2C1. The lowest BCUT2D eigenvalue weighted by molar-refractivity contribution is 0.234. The van der Waals surface area contributed by atoms with E-state index < -0.39 is 9.05 Å². The van der Waals surface area contributed by atoms with Crippen molar-refractivity contribution in [2.45, 2.75) is 6.42 Å². The molecular weight excluding hydrogens is 255 g/mol. The molecule has 88 valence electrons. The first-order valence-corrected chi connectivity index (χ1v) is 7.25. The summed E-state index contributed by atoms with van der Waals surface area (Å²) >= 11 is 0. The number of halogens is 2. The maximum atomic E-state index is 13.0. The molecule has 1 aromatic carbocycles. The topological polar surface area (TPSA) is 43.4 Å². The van der Waals surface area contributed by atoms with E-state index in [0.29, 0.717) is 24.3 Å². The molecule has 1 unspecified atom stereocenters. The number of benzene rings is 1. The maximum absolute atomic E-state index is 13.0. The van der Waals surface area contributed by atoms with Crippen LogP contribution in [0.3, 0.4) is 0 Å². The van der Waals surface area contributed by atoms with Gasteiger partial charge < -0.3 is 4.74 Å². The molecule has 1 aliphatic rings. The van der Waals surface area contributed by atoms with E-state index in [1.807, 2.05) is 0 Å². The number of rotatable bonds is 2. The van der Waals surface area contributed by atoms with E-state index in [0.717, 1.165) is 0 Å². The van der Waals surface area contributed by atoms with Crippen molar-refractivity contribution in [3.63, 3.8) is 0 Å². The summed E-state index contributed by atoms with van der Waals surface area (Å²) in [4.78, 5) is 0. The number of hydrogen-bond acceptors (Lipinski definition) is 3. The first kappa shape index (κ1) is 11.7. The van der Waals surface area contributed by atoms with Gasteiger partial charge in [-0.25, -0.2) is 12.8 Å². The highest BCUT2D eigenvalue weighted by atomic mass is 35.7. The minimum absolute atomic E-state index is 0.148. The lowest BCUT2D eigenvalue weighted by Gasteiger charge is -2.24. The van der Waals surface area contributed by atoms with Crippen LogP contribution in [0.5, 0.6) is 5.75 Å². The minimum Gasteiger partial charge on any atom is -0.493 e. The van der Waals surface area contributed by atoms with Crippen molar-refractivity contribution in [2.24, 2.45) is 5.92 Å². The van der Waals surface area contributed by atoms with Crippen molar-refractivity contribution in [3.05, 3.63) is 29.6 Å². The predicted octanol–water partition coefficient (Wildman–Crippen LogP) is 1.95. The maximum Gasteiger partial charge on any atom is 0.233 e. The van der Waals surface area contributed by atoms with Crippen LogP contribution in [0, 0.1) is 11.7 Å². The lowest BCUT2D eigenvalue weighted by atomic mass is 9.98. The molecule has 0 spiro atoms. The van der Waals surface area contributed by atoms with Crippen LogP contribution in [-0.4, -0.2) is 20.8 Å². The van der Waals surface area contributed by atoms with Gasteiger partial charge in [-0.05, 0) is 30.2 Å². The minimum atomic E-state index is -3.54. The van der Waals surface area contributed by atoms with Gasteiger partial charge in [0.1, 0.15) is 11.6 Å². The second kappa shape index (κ2) is 4.22. The molecule has 16 heavy (non-hydrogen) atoms. The van der Waals surface area contributed by atoms with E-state index in [1.54, 1.807) is 6.07 Å². The van der Waals surface area contributed by atoms with Crippen molar-refractivity contribution in [1.29, 1.82) is 0 Å². The average molecular weight is 265 g/mol. The van der Waals surface area contributed by atoms with Gasteiger partial charge in [0.15, 0.2) is 0 Å². The highest BCUT2D eigenvalue weighted by Crippen LogP contribution is 2.28. The van der Waals surface area contributed by atoms with Gasteiger partial charge in [-0.1, -0.05) is 0 Å². The van der Waals surface area contributed by atoms with E-state index in [2.05, 4.69) is 0 Å². The van der Waals surface area contributed by atoms with Crippen LogP contribution >= 0.6 is 10.7 Å². The predicted molar refractivity (Wildman–Crippen MR) is 58.7 cm³/mol. The molecule has 1 aliphatic heterocycles. The van der Waals surface area contributed by atoms with Crippen molar-refractivity contribution in [3.8, 4) is 5.75 Å². The summed E-state index contributed by atoms with van der Waals surface area (Å²) in [6.45, 7) is 0.296. The lowest BCUT2D eigenvalue weighted by Crippen LogP contribution is -2.26. The standard InChI is InChI=1S/C10H10ClFO3S/c11-16(13,14)6-7-3-8-4-9(12)1-2-10(8)15-5-7/h1-2,4,7H,3,5-6H2. The molecule has 0 aliphatic carbocycles. The quantitative estimate of drug-likeness (QED) is 0.767. The first-order chi connectivity index (χ1) is 7.44. The fourth-order valence-electron chi connectivity index (χ4n) is 1.81. The summed E-state index contributed by atoms with van der Waals surface area (Å²) in [5.41, 5.74) is 0.691. The zero-order chi connectivity index (χ0) is 11.8. The van der Waals surface area contributed by atoms with Gasteiger partial charge in [-0.3, -0.25) is 0 Å². The normalized spacial score (nSPS) is 20.0. The molecule has 0 N–H and O–H groups in total. The van der Waals surface area contributed by atoms with Gasteiger partial charge in [0.2, 0.25) is 9.05 Å². The number of hydrogen-bond donors (Lipinski definition) is 0. The molecule has 0 aromatic heterocycles. The summed E-state index contributed by atoms with van der Waals surface area (Å²) in [6.07, 6.45) is 0.471. The summed E-state index contributed by atoms with van der Waals surface area (Å²) in [6, 6.07) is 4.23. The number of fused-ring (bicyclic) bond motifs is 1. The molecule has 0 radical (unpaired) electrons. The molecule has 3 nitrogen and oxygen atoms in total. The summed E-state index contributed by atoms with van der Waals surface area (Å²) in [5, 5.41) is 0. The van der Waals surface area contributed by atoms with Crippen LogP contribution in [0.1, 0.15) is 5.56 Å². The van der Waals surface area contributed by atoms with Crippen LogP contribution < -0.4 is 4.74 Å². The molecule has 2 rings (SSSR count). The Bertz CT molecular complexity index is 501. The van der Waals surface area contributed by atoms with E-state index in [9.17, 15) is 12.8 Å². The Morgan fingerprint density at radius 3 is 2.94 bits per heavy atom. The molecule has 0 fully saturated rings. The van der Waals surface area contributed by atoms with Crippen LogP contribution in [0.25, 0.3) is 0 Å². The van der Waals surface area contributed by atoms with Crippen LogP contribution in [0.4, 0.5) is 4.39 Å². The van der Waals surface area contributed by atoms with Gasteiger partial charge >= 0.3 is 0 Å². The monoisotopic (exact) mass is 264 g/mol. The third-order valence-electron chi connectivity index (χ3n) is 2.44. The highest BCUT2D eigenvalue weighted by Gasteiger charge is 2.24. The smallest absolute Gasteiger partial charge is 0.233 e. The first-order valence-electron chi connectivity index (χ1n) is 4.77. The fourth-order valence-corrected chi connectivity index (χ4v) is 3.13. The van der Waals surface area contributed by atoms with Crippen LogP contribution in [-0.2, 0) is 15.5 Å². The van der Waals surface area contributed by atoms with Gasteiger partial charge in [-0.15, -0.1) is 0 Å². The Balaban J connectivity index is 2.17. The van der Waals surface area contributed by atoms with Crippen LogP contribution in [0.15, 0.2) is 18.2 Å². The van der Waals surface area contributed by atoms with Gasteiger partial charge in [0.25, 0.3) is 0 Å². The Hall–Kier alpha value is -0.810. The van der Waals surface area contributed by atoms with Crippen molar-refractivity contribution in [1.82, 2.24) is 0 Å². The van der Waals surface area contributed by atoms with E-state index in [-0.39, 0.29) is 17.5 Å². The highest BCUT2D eigenvalue weighted by molar-refractivity contribution is 8.13. The molecule has 0 saturated carbocycles. The van der Waals surface area contributed by atoms with Crippen molar-refractivity contribution in [2.75, 3.05) is 12.4 Å². The third-order valence-corrected chi connectivity index (χ3v) is 3.69. The Morgan fingerprint density at radius 1 is 1.50 bits per heavy atom. The molecule has 0 bridgehead atoms. The van der Waals surface area contributed by atoms with Gasteiger partial charge in [-0.2, -0.15) is 0 Å². The van der Waals surface area contributed by atoms with Gasteiger partial charge in [0, 0.05) is 16.6 Å². The van der Waals surface area contributed by atoms with E-state index >= 15 is 0 Å². The number of ether oxygens (including phenoxy) is 1. The Kier molecular flexibility index (Phi) is 3.08. The average Bonchev–Trinajstić information content (AvgIpc) is 2.14. The van der Waals surface area contributed by atoms with E-state index in [4.69, 9.17) is 15.4 Å². The molecule has 1 heterocycles. The second-order valence-electron chi connectivity index (χ2n) is 3.84. The van der Waals surface area contributed by atoms with Crippen molar-refractivity contribution < 1.29 is 17.5 Å². The van der Waals surface area contributed by atoms with E-state index in [1.165, 1.54) is 12.1 Å². The van der Waals surface area contributed by atoms with Crippen LogP contribution in [0.2, 0.25) is 0 Å². The molecule has 6 heteroatoms. The Morgan fingerprint density at radius 2 is 2.25 bits per heavy atom. The molecular formula is C10H10ClFO3S. The Labute approximate surface area is 97.6 Å². The fraction of sp³-hybridized carbons (Fsp3) is 0.400. The summed E-state index contributed by atoms with van der Waals surface area (Å²) < 4.78 is 40.1. The molecule has 0 amide bonds. The zero-order valence-electron chi connectivity index (χ0n) is 8.32. The molecule has 1 aromatic rings. The summed E-state index contributed by atoms with van der Waals surface area (Å²) in [7, 11) is 1.63. The second-order valence-corrected chi connectivity index (χ2v) is 6.66. The zero-order valence-corrected chi connectivity index (χ0v) is 9.89. The van der Waals surface area contributed by atoms with Gasteiger partial charge in [0.05, 0.1) is 12.4 Å². The van der Waals surface area contributed by atoms with Crippen molar-refractivity contribution >= 4 is 19.7 Å². The largest absolute Gasteiger partial charge is 0.493 e. The summed E-state index contributed by atoms with van der Waals surface area (Å²) in [5.74, 6) is -0.0945. The third kappa shape index (κ3) is 2.86.